The zero-order valence-electron chi connectivity index (χ0n) is 16.6. The molecule has 0 radical (unpaired) electrons. The summed E-state index contributed by atoms with van der Waals surface area (Å²) in [5.74, 6) is 0. The molecule has 0 saturated heterocycles. The summed E-state index contributed by atoms with van der Waals surface area (Å²) < 4.78 is 2.16. The Morgan fingerprint density at radius 3 is 2.35 bits per heavy atom. The second kappa shape index (κ2) is 7.44. The first-order chi connectivity index (χ1) is 15.2. The number of rotatable bonds is 2. The monoisotopic (exact) mass is 525 g/mol. The molecule has 0 fully saturated rings. The smallest absolute Gasteiger partial charge is 0.0753 e. The van der Waals surface area contributed by atoms with E-state index in [9.17, 15) is 0 Å². The van der Waals surface area contributed by atoms with Gasteiger partial charge >= 0.3 is 0 Å². The Labute approximate surface area is 198 Å². The summed E-state index contributed by atoms with van der Waals surface area (Å²) in [6.45, 7) is 0. The van der Waals surface area contributed by atoms with Gasteiger partial charge in [-0.05, 0) is 57.3 Å². The van der Waals surface area contributed by atoms with Gasteiger partial charge in [0.1, 0.15) is 0 Å². The largest absolute Gasteiger partial charge is 0.247 e. The molecule has 1 heterocycles. The van der Waals surface area contributed by atoms with Crippen LogP contribution in [0.2, 0.25) is 0 Å². The van der Waals surface area contributed by atoms with E-state index in [1.807, 2.05) is 0 Å². The fourth-order valence-electron chi connectivity index (χ4n) is 4.60. The zero-order chi connectivity index (χ0) is 20.9. The topological polar surface area (TPSA) is 12.9 Å². The lowest BCUT2D eigenvalue weighted by Crippen LogP contribution is -1.96. The second-order valence-electron chi connectivity index (χ2n) is 7.87. The van der Waals surface area contributed by atoms with E-state index in [0.29, 0.717) is 0 Å². The van der Waals surface area contributed by atoms with Crippen LogP contribution in [0.25, 0.3) is 44.4 Å². The van der Waals surface area contributed by atoms with Crippen molar-refractivity contribution in [3.8, 4) is 33.6 Å². The molecule has 0 unspecified atom stereocenters. The van der Waals surface area contributed by atoms with Gasteiger partial charge in [0, 0.05) is 26.5 Å². The van der Waals surface area contributed by atoms with Crippen molar-refractivity contribution in [1.82, 2.24) is 4.98 Å². The van der Waals surface area contributed by atoms with Crippen LogP contribution in [0.1, 0.15) is 11.1 Å². The van der Waals surface area contributed by atoms with Gasteiger partial charge in [-0.25, -0.2) is 4.98 Å². The van der Waals surface area contributed by atoms with E-state index in [1.54, 1.807) is 0 Å². The lowest BCUT2D eigenvalue weighted by molar-refractivity contribution is 1.23. The molecule has 0 aliphatic heterocycles. The highest BCUT2D eigenvalue weighted by atomic mass is 79.9. The summed E-state index contributed by atoms with van der Waals surface area (Å²) in [7, 11) is 0. The third kappa shape index (κ3) is 3.15. The van der Waals surface area contributed by atoms with Crippen LogP contribution >= 0.6 is 31.9 Å². The molecule has 1 aliphatic carbocycles. The third-order valence-corrected chi connectivity index (χ3v) is 7.23. The number of fused-ring (bicyclic) bond motifs is 4. The van der Waals surface area contributed by atoms with Gasteiger partial charge in [-0.2, -0.15) is 0 Å². The Balaban J connectivity index is 1.69. The standard InChI is InChI=1S/C28H17Br2N/c29-19-12-13-26(30)24(15-19)23-16-27(22-11-5-8-17-6-1-3-9-20(17)22)31-28-21-10-4-2-7-18(21)14-25(23)28/h1-13,15-16H,14H2. The first-order valence-corrected chi connectivity index (χ1v) is 11.8. The van der Waals surface area contributed by atoms with Crippen molar-refractivity contribution in [3.63, 3.8) is 0 Å². The van der Waals surface area contributed by atoms with Crippen LogP contribution in [0.4, 0.5) is 0 Å². The minimum Gasteiger partial charge on any atom is -0.247 e. The third-order valence-electron chi connectivity index (χ3n) is 6.05. The quantitative estimate of drug-likeness (QED) is 0.220. The van der Waals surface area contributed by atoms with Gasteiger partial charge in [0.15, 0.2) is 0 Å². The van der Waals surface area contributed by atoms with Crippen LogP contribution in [0.3, 0.4) is 0 Å². The molecule has 0 spiro atoms. The van der Waals surface area contributed by atoms with Crippen LogP contribution in [-0.4, -0.2) is 4.98 Å². The number of halogens is 2. The summed E-state index contributed by atoms with van der Waals surface area (Å²) in [5, 5.41) is 2.45. The van der Waals surface area contributed by atoms with Crippen molar-refractivity contribution in [1.29, 1.82) is 0 Å². The summed E-state index contributed by atoms with van der Waals surface area (Å²) >= 11 is 7.45. The van der Waals surface area contributed by atoms with Gasteiger partial charge < -0.3 is 0 Å². The molecular formula is C28H17Br2N. The normalized spacial score (nSPS) is 12.1. The Kier molecular flexibility index (Phi) is 4.55. The second-order valence-corrected chi connectivity index (χ2v) is 9.64. The molecule has 31 heavy (non-hydrogen) atoms. The maximum Gasteiger partial charge on any atom is 0.0753 e. The molecule has 0 N–H and O–H groups in total. The van der Waals surface area contributed by atoms with Gasteiger partial charge in [0.05, 0.1) is 11.4 Å². The van der Waals surface area contributed by atoms with Crippen LogP contribution in [0.5, 0.6) is 0 Å². The molecule has 6 rings (SSSR count). The highest BCUT2D eigenvalue weighted by Gasteiger charge is 2.25. The van der Waals surface area contributed by atoms with Crippen molar-refractivity contribution >= 4 is 42.6 Å². The number of hydrogen-bond donors (Lipinski definition) is 0. The first-order valence-electron chi connectivity index (χ1n) is 10.2. The maximum absolute atomic E-state index is 5.23. The first kappa shape index (κ1) is 19.0. The molecule has 3 heteroatoms. The molecule has 148 valence electrons. The van der Waals surface area contributed by atoms with E-state index >= 15 is 0 Å². The van der Waals surface area contributed by atoms with E-state index in [0.717, 1.165) is 32.3 Å². The summed E-state index contributed by atoms with van der Waals surface area (Å²) in [5.41, 5.74) is 9.57. The maximum atomic E-state index is 5.23. The van der Waals surface area contributed by atoms with Gasteiger partial charge in [-0.1, -0.05) is 98.6 Å². The number of pyridine rings is 1. The van der Waals surface area contributed by atoms with Gasteiger partial charge in [-0.15, -0.1) is 0 Å². The fraction of sp³-hybridized carbons (Fsp3) is 0.0357. The number of nitrogens with zero attached hydrogens (tertiary/aromatic N) is 1. The Morgan fingerprint density at radius 2 is 1.42 bits per heavy atom. The molecular weight excluding hydrogens is 510 g/mol. The van der Waals surface area contributed by atoms with Crippen molar-refractivity contribution in [2.75, 3.05) is 0 Å². The minimum absolute atomic E-state index is 0.905. The van der Waals surface area contributed by atoms with Gasteiger partial charge in [0.25, 0.3) is 0 Å². The van der Waals surface area contributed by atoms with Gasteiger partial charge in [-0.3, -0.25) is 0 Å². The number of hydrogen-bond acceptors (Lipinski definition) is 1. The SMILES string of the molecule is Brc1ccc(Br)c(-c2cc(-c3cccc4ccccc34)nc3c2Cc2ccccc2-3)c1. The van der Waals surface area contributed by atoms with E-state index in [1.165, 1.54) is 38.6 Å². The summed E-state index contributed by atoms with van der Waals surface area (Å²) in [6, 6.07) is 32.2. The van der Waals surface area contributed by atoms with E-state index in [-0.39, 0.29) is 0 Å². The Hall–Kier alpha value is -2.75. The van der Waals surface area contributed by atoms with Crippen molar-refractivity contribution < 1.29 is 0 Å². The highest BCUT2D eigenvalue weighted by Crippen LogP contribution is 2.45. The van der Waals surface area contributed by atoms with E-state index in [2.05, 4.69) is 123 Å². The lowest BCUT2D eigenvalue weighted by atomic mass is 9.94. The van der Waals surface area contributed by atoms with Crippen molar-refractivity contribution in [3.05, 3.63) is 111 Å². The van der Waals surface area contributed by atoms with Crippen LogP contribution in [0, 0.1) is 0 Å². The molecule has 0 atom stereocenters. The molecule has 1 aliphatic rings. The predicted octanol–water partition coefficient (Wildman–Crippen LogP) is 8.67. The summed E-state index contributed by atoms with van der Waals surface area (Å²) in [4.78, 5) is 5.23. The molecule has 0 bridgehead atoms. The molecule has 0 amide bonds. The molecule has 5 aromatic rings. The fourth-order valence-corrected chi connectivity index (χ4v) is 5.42. The van der Waals surface area contributed by atoms with E-state index in [4.69, 9.17) is 4.98 Å². The Morgan fingerprint density at radius 1 is 0.645 bits per heavy atom. The van der Waals surface area contributed by atoms with Gasteiger partial charge in [0.2, 0.25) is 0 Å². The summed E-state index contributed by atoms with van der Waals surface area (Å²) in [6.07, 6.45) is 0.905. The molecule has 1 nitrogen and oxygen atoms in total. The van der Waals surface area contributed by atoms with Crippen LogP contribution in [0.15, 0.2) is 99.9 Å². The molecule has 1 aromatic heterocycles. The molecule has 4 aromatic carbocycles. The zero-order valence-corrected chi connectivity index (χ0v) is 19.7. The van der Waals surface area contributed by atoms with E-state index < -0.39 is 0 Å². The molecule has 0 saturated carbocycles. The lowest BCUT2D eigenvalue weighted by Gasteiger charge is -2.15. The van der Waals surface area contributed by atoms with Crippen LogP contribution in [-0.2, 0) is 6.42 Å². The average molecular weight is 527 g/mol. The highest BCUT2D eigenvalue weighted by molar-refractivity contribution is 9.11. The Bertz CT molecular complexity index is 1480. The number of benzene rings is 4. The minimum atomic E-state index is 0.905. The van der Waals surface area contributed by atoms with Crippen molar-refractivity contribution in [2.24, 2.45) is 0 Å². The van der Waals surface area contributed by atoms with Crippen molar-refractivity contribution in [2.45, 2.75) is 6.42 Å². The van der Waals surface area contributed by atoms with Crippen LogP contribution < -0.4 is 0 Å². The predicted molar refractivity (Wildman–Crippen MR) is 136 cm³/mol. The number of aromatic nitrogens is 1. The average Bonchev–Trinajstić information content (AvgIpc) is 3.18.